The monoisotopic (exact) mass is 333 g/mol. The zero-order valence-corrected chi connectivity index (χ0v) is 14.7. The second-order valence-electron chi connectivity index (χ2n) is 7.22. The van der Waals surface area contributed by atoms with E-state index < -0.39 is 0 Å². The topological polar surface area (TPSA) is 84.7 Å². The summed E-state index contributed by atoms with van der Waals surface area (Å²) in [6.07, 6.45) is 1.54. The van der Waals surface area contributed by atoms with E-state index in [1.165, 1.54) is 0 Å². The van der Waals surface area contributed by atoms with E-state index in [1.807, 2.05) is 24.3 Å². The van der Waals surface area contributed by atoms with Gasteiger partial charge in [0, 0.05) is 13.1 Å². The lowest BCUT2D eigenvalue weighted by Crippen LogP contribution is -2.48. The molecular weight excluding hydrogens is 306 g/mol. The summed E-state index contributed by atoms with van der Waals surface area (Å²) < 4.78 is 5.78. The average Bonchev–Trinajstić information content (AvgIpc) is 2.58. The van der Waals surface area contributed by atoms with Gasteiger partial charge >= 0.3 is 0 Å². The van der Waals surface area contributed by atoms with Crippen molar-refractivity contribution in [3.63, 3.8) is 0 Å². The number of carbonyl (C=O) groups is 2. The molecule has 132 valence electrons. The van der Waals surface area contributed by atoms with Crippen LogP contribution in [-0.2, 0) is 15.0 Å². The van der Waals surface area contributed by atoms with Gasteiger partial charge in [0.1, 0.15) is 5.75 Å². The summed E-state index contributed by atoms with van der Waals surface area (Å²) in [6, 6.07) is 7.77. The zero-order chi connectivity index (χ0) is 17.7. The Morgan fingerprint density at radius 3 is 2.71 bits per heavy atom. The Balaban J connectivity index is 1.98. The van der Waals surface area contributed by atoms with Gasteiger partial charge in [-0.15, -0.1) is 0 Å². The van der Waals surface area contributed by atoms with Gasteiger partial charge in [-0.05, 0) is 29.9 Å². The number of ether oxygens (including phenoxy) is 1. The fraction of sp³-hybridized carbons (Fsp3) is 0.556. The molecule has 1 aromatic carbocycles. The number of nitrogens with zero attached hydrogens (tertiary/aromatic N) is 1. The molecule has 1 heterocycles. The molecule has 1 aromatic rings. The number of piperidine rings is 1. The van der Waals surface area contributed by atoms with Gasteiger partial charge in [0.15, 0.2) is 6.61 Å². The third-order valence-electron chi connectivity index (χ3n) is 4.33. The van der Waals surface area contributed by atoms with Crippen molar-refractivity contribution in [3.8, 4) is 5.75 Å². The van der Waals surface area contributed by atoms with Crippen molar-refractivity contribution in [1.29, 1.82) is 0 Å². The summed E-state index contributed by atoms with van der Waals surface area (Å²) in [6.45, 7) is 7.35. The number of rotatable bonds is 4. The molecule has 1 unspecified atom stereocenters. The Hall–Kier alpha value is -2.08. The standard InChI is InChI=1S/C18H27N3O3/c1-18(2,3)14-8-4-5-9-15(14)24-12-16(22)21-10-6-7-13(11-21)17(23)20-19/h4-5,8-9,13H,6-7,10-12,19H2,1-3H3,(H,20,23). The molecule has 1 fully saturated rings. The van der Waals surface area contributed by atoms with Crippen LogP contribution in [0.5, 0.6) is 5.75 Å². The number of hydrogen-bond acceptors (Lipinski definition) is 4. The first kappa shape index (κ1) is 18.3. The zero-order valence-electron chi connectivity index (χ0n) is 14.7. The fourth-order valence-electron chi connectivity index (χ4n) is 2.98. The Bertz CT molecular complexity index is 595. The van der Waals surface area contributed by atoms with Crippen LogP contribution in [0.3, 0.4) is 0 Å². The Morgan fingerprint density at radius 1 is 1.33 bits per heavy atom. The van der Waals surface area contributed by atoms with Crippen molar-refractivity contribution in [3.05, 3.63) is 29.8 Å². The molecule has 2 amide bonds. The number of hydrogen-bond donors (Lipinski definition) is 2. The molecule has 24 heavy (non-hydrogen) atoms. The summed E-state index contributed by atoms with van der Waals surface area (Å²) in [4.78, 5) is 25.8. The minimum Gasteiger partial charge on any atom is -0.483 e. The van der Waals surface area contributed by atoms with Gasteiger partial charge < -0.3 is 9.64 Å². The normalized spacial score (nSPS) is 18.2. The van der Waals surface area contributed by atoms with Crippen LogP contribution >= 0.6 is 0 Å². The van der Waals surface area contributed by atoms with E-state index in [4.69, 9.17) is 10.6 Å². The van der Waals surface area contributed by atoms with Crippen molar-refractivity contribution in [2.24, 2.45) is 11.8 Å². The molecule has 1 atom stereocenters. The van der Waals surface area contributed by atoms with Gasteiger partial charge in [-0.2, -0.15) is 0 Å². The molecule has 0 aromatic heterocycles. The van der Waals surface area contributed by atoms with Crippen LogP contribution in [-0.4, -0.2) is 36.4 Å². The smallest absolute Gasteiger partial charge is 0.260 e. The average molecular weight is 333 g/mol. The largest absolute Gasteiger partial charge is 0.483 e. The Kier molecular flexibility index (Phi) is 5.83. The highest BCUT2D eigenvalue weighted by atomic mass is 16.5. The minimum atomic E-state index is -0.241. The van der Waals surface area contributed by atoms with Crippen molar-refractivity contribution >= 4 is 11.8 Å². The van der Waals surface area contributed by atoms with Crippen LogP contribution in [0.2, 0.25) is 0 Å². The number of para-hydroxylation sites is 1. The Labute approximate surface area is 143 Å². The van der Waals surface area contributed by atoms with E-state index >= 15 is 0 Å². The van der Waals surface area contributed by atoms with Gasteiger partial charge in [-0.3, -0.25) is 15.0 Å². The van der Waals surface area contributed by atoms with Crippen LogP contribution in [0.1, 0.15) is 39.2 Å². The molecule has 0 spiro atoms. The molecule has 6 nitrogen and oxygen atoms in total. The maximum atomic E-state index is 12.4. The maximum Gasteiger partial charge on any atom is 0.260 e. The predicted octanol–water partition coefficient (Wildman–Crippen LogP) is 1.59. The number of nitrogens with two attached hydrogens (primary N) is 1. The summed E-state index contributed by atoms with van der Waals surface area (Å²) >= 11 is 0. The van der Waals surface area contributed by atoms with E-state index in [1.54, 1.807) is 4.90 Å². The summed E-state index contributed by atoms with van der Waals surface area (Å²) in [7, 11) is 0. The van der Waals surface area contributed by atoms with Crippen molar-refractivity contribution in [1.82, 2.24) is 10.3 Å². The lowest BCUT2D eigenvalue weighted by molar-refractivity contribution is -0.137. The lowest BCUT2D eigenvalue weighted by atomic mass is 9.86. The van der Waals surface area contributed by atoms with Gasteiger partial charge in [0.25, 0.3) is 5.91 Å². The SMILES string of the molecule is CC(C)(C)c1ccccc1OCC(=O)N1CCCC(C(=O)NN)C1. The van der Waals surface area contributed by atoms with Crippen LogP contribution in [0.15, 0.2) is 24.3 Å². The molecule has 0 bridgehead atoms. The maximum absolute atomic E-state index is 12.4. The lowest BCUT2D eigenvalue weighted by Gasteiger charge is -2.32. The predicted molar refractivity (Wildman–Crippen MR) is 92.3 cm³/mol. The van der Waals surface area contributed by atoms with E-state index in [0.717, 1.165) is 24.2 Å². The van der Waals surface area contributed by atoms with Gasteiger partial charge in [0.05, 0.1) is 5.92 Å². The molecule has 0 saturated carbocycles. The van der Waals surface area contributed by atoms with Crippen LogP contribution in [0.25, 0.3) is 0 Å². The van der Waals surface area contributed by atoms with Crippen molar-refractivity contribution in [2.45, 2.75) is 39.0 Å². The van der Waals surface area contributed by atoms with Crippen molar-refractivity contribution < 1.29 is 14.3 Å². The van der Waals surface area contributed by atoms with Crippen LogP contribution < -0.4 is 16.0 Å². The number of nitrogens with one attached hydrogen (secondary N) is 1. The van der Waals surface area contributed by atoms with Gasteiger partial charge in [0.2, 0.25) is 5.91 Å². The quantitative estimate of drug-likeness (QED) is 0.498. The molecule has 1 saturated heterocycles. The molecule has 0 aliphatic carbocycles. The third-order valence-corrected chi connectivity index (χ3v) is 4.33. The minimum absolute atomic E-state index is 0.0238. The molecular formula is C18H27N3O3. The number of likely N-dealkylation sites (tertiary alicyclic amines) is 1. The first-order chi connectivity index (χ1) is 11.3. The van der Waals surface area contributed by atoms with E-state index in [2.05, 4.69) is 26.2 Å². The third kappa shape index (κ3) is 4.47. The molecule has 3 N–H and O–H groups in total. The van der Waals surface area contributed by atoms with Gasteiger partial charge in [-0.25, -0.2) is 5.84 Å². The Morgan fingerprint density at radius 2 is 2.04 bits per heavy atom. The summed E-state index contributed by atoms with van der Waals surface area (Å²) in [5.41, 5.74) is 3.17. The molecule has 6 heteroatoms. The fourth-order valence-corrected chi connectivity index (χ4v) is 2.98. The molecule has 0 radical (unpaired) electrons. The molecule has 1 aliphatic rings. The van der Waals surface area contributed by atoms with Crippen molar-refractivity contribution in [2.75, 3.05) is 19.7 Å². The number of hydrazine groups is 1. The molecule has 1 aliphatic heterocycles. The number of benzene rings is 1. The highest BCUT2D eigenvalue weighted by molar-refractivity contribution is 5.81. The second-order valence-corrected chi connectivity index (χ2v) is 7.22. The second kappa shape index (κ2) is 7.66. The van der Waals surface area contributed by atoms with E-state index in [-0.39, 0.29) is 29.8 Å². The van der Waals surface area contributed by atoms with Gasteiger partial charge in [-0.1, -0.05) is 39.0 Å². The van der Waals surface area contributed by atoms with E-state index in [0.29, 0.717) is 13.1 Å². The highest BCUT2D eigenvalue weighted by Gasteiger charge is 2.28. The highest BCUT2D eigenvalue weighted by Crippen LogP contribution is 2.31. The van der Waals surface area contributed by atoms with Crippen LogP contribution in [0.4, 0.5) is 0 Å². The summed E-state index contributed by atoms with van der Waals surface area (Å²) in [5, 5.41) is 0. The number of amides is 2. The molecule has 2 rings (SSSR count). The number of carbonyl (C=O) groups excluding carboxylic acids is 2. The van der Waals surface area contributed by atoms with Crippen LogP contribution in [0, 0.1) is 5.92 Å². The van der Waals surface area contributed by atoms with E-state index in [9.17, 15) is 9.59 Å². The summed E-state index contributed by atoms with van der Waals surface area (Å²) in [5.74, 6) is 5.36. The first-order valence-corrected chi connectivity index (χ1v) is 8.33. The first-order valence-electron chi connectivity index (χ1n) is 8.33.